The van der Waals surface area contributed by atoms with Crippen molar-refractivity contribution in [3.8, 4) is 0 Å². The molecule has 3 rings (SSSR count). The van der Waals surface area contributed by atoms with Gasteiger partial charge in [0.15, 0.2) is 0 Å². The van der Waals surface area contributed by atoms with Gasteiger partial charge in [-0.1, -0.05) is 15.9 Å². The van der Waals surface area contributed by atoms with Crippen molar-refractivity contribution in [2.75, 3.05) is 10.2 Å². The minimum atomic E-state index is -0.208. The molecule has 1 saturated heterocycles. The van der Waals surface area contributed by atoms with Crippen molar-refractivity contribution in [1.82, 2.24) is 0 Å². The van der Waals surface area contributed by atoms with Crippen molar-refractivity contribution in [3.05, 3.63) is 22.7 Å². The first-order valence-corrected chi connectivity index (χ1v) is 5.80. The van der Waals surface area contributed by atoms with Crippen LogP contribution in [0.1, 0.15) is 19.8 Å². The molecular formula is C11H11BrN2O. The molecule has 0 radical (unpaired) electrons. The monoisotopic (exact) mass is 266 g/mol. The maximum absolute atomic E-state index is 11.8. The van der Waals surface area contributed by atoms with E-state index in [0.29, 0.717) is 6.42 Å². The highest BCUT2D eigenvalue weighted by Gasteiger charge is 2.47. The zero-order valence-electron chi connectivity index (χ0n) is 8.38. The Hall–Kier alpha value is -1.03. The third-order valence-electron chi connectivity index (χ3n) is 3.17. The molecule has 0 saturated carbocycles. The lowest BCUT2D eigenvalue weighted by Gasteiger charge is -2.27. The van der Waals surface area contributed by atoms with Gasteiger partial charge in [0.05, 0.1) is 11.4 Å². The maximum atomic E-state index is 11.8. The summed E-state index contributed by atoms with van der Waals surface area (Å²) >= 11 is 3.43. The molecule has 2 aliphatic heterocycles. The number of nitrogens with zero attached hydrogens (tertiary/aromatic N) is 1. The summed E-state index contributed by atoms with van der Waals surface area (Å²) in [5.41, 5.74) is 1.84. The first-order valence-electron chi connectivity index (χ1n) is 5.01. The number of halogens is 1. The van der Waals surface area contributed by atoms with Crippen LogP contribution in [0, 0.1) is 0 Å². The minimum Gasteiger partial charge on any atom is -0.361 e. The number of anilines is 2. The number of nitrogens with one attached hydrogen (secondary N) is 1. The topological polar surface area (TPSA) is 32.3 Å². The van der Waals surface area contributed by atoms with Gasteiger partial charge >= 0.3 is 0 Å². The lowest BCUT2D eigenvalue weighted by atomic mass is 10.1. The second kappa shape index (κ2) is 2.76. The molecule has 1 aromatic carbocycles. The van der Waals surface area contributed by atoms with Gasteiger partial charge in [0.2, 0.25) is 5.91 Å². The lowest BCUT2D eigenvalue weighted by Crippen LogP contribution is -2.44. The van der Waals surface area contributed by atoms with Gasteiger partial charge in [-0.05, 0) is 31.5 Å². The molecule has 0 bridgehead atoms. The minimum absolute atomic E-state index is 0.208. The predicted molar refractivity (Wildman–Crippen MR) is 62.9 cm³/mol. The molecule has 0 spiro atoms. The fourth-order valence-corrected chi connectivity index (χ4v) is 2.80. The van der Waals surface area contributed by atoms with E-state index in [4.69, 9.17) is 0 Å². The van der Waals surface area contributed by atoms with E-state index in [2.05, 4.69) is 28.2 Å². The Balaban J connectivity index is 2.18. The van der Waals surface area contributed by atoms with Crippen molar-refractivity contribution in [2.24, 2.45) is 0 Å². The first kappa shape index (κ1) is 9.21. The van der Waals surface area contributed by atoms with Gasteiger partial charge in [0.25, 0.3) is 0 Å². The SMILES string of the molecule is CC12CCC(=O)N1c1cc(Br)ccc1N2. The molecule has 4 heteroatoms. The number of benzene rings is 1. The van der Waals surface area contributed by atoms with Crippen molar-refractivity contribution < 1.29 is 4.79 Å². The van der Waals surface area contributed by atoms with E-state index in [1.807, 2.05) is 23.1 Å². The molecule has 1 aromatic rings. The van der Waals surface area contributed by atoms with Crippen LogP contribution < -0.4 is 10.2 Å². The maximum Gasteiger partial charge on any atom is 0.229 e. The highest BCUT2D eigenvalue weighted by atomic mass is 79.9. The quantitative estimate of drug-likeness (QED) is 0.783. The van der Waals surface area contributed by atoms with Crippen LogP contribution in [0.25, 0.3) is 0 Å². The smallest absolute Gasteiger partial charge is 0.229 e. The molecule has 3 nitrogen and oxygen atoms in total. The number of hydrogen-bond acceptors (Lipinski definition) is 2. The summed E-state index contributed by atoms with van der Waals surface area (Å²) in [7, 11) is 0. The van der Waals surface area contributed by atoms with Crippen LogP contribution in [0.2, 0.25) is 0 Å². The molecule has 1 amide bonds. The molecule has 1 N–H and O–H groups in total. The Morgan fingerprint density at radius 1 is 1.53 bits per heavy atom. The van der Waals surface area contributed by atoms with Crippen LogP contribution in [-0.2, 0) is 4.79 Å². The average Bonchev–Trinajstić information content (AvgIpc) is 2.61. The summed E-state index contributed by atoms with van der Waals surface area (Å²) in [5, 5.41) is 3.41. The van der Waals surface area contributed by atoms with Gasteiger partial charge in [0.1, 0.15) is 5.66 Å². The third-order valence-corrected chi connectivity index (χ3v) is 3.67. The predicted octanol–water partition coefficient (Wildman–Crippen LogP) is 2.72. The van der Waals surface area contributed by atoms with Gasteiger partial charge < -0.3 is 5.32 Å². The zero-order valence-corrected chi connectivity index (χ0v) is 9.97. The third kappa shape index (κ3) is 1.14. The standard InChI is InChI=1S/C11H11BrN2O/c1-11-5-4-10(15)14(11)9-6-7(12)2-3-8(9)13-11/h2-3,6,13H,4-5H2,1H3. The Labute approximate surface area is 96.6 Å². The zero-order chi connectivity index (χ0) is 10.6. The molecule has 0 aromatic heterocycles. The molecule has 1 atom stereocenters. The number of fused-ring (bicyclic) bond motifs is 3. The Kier molecular flexibility index (Phi) is 1.69. The van der Waals surface area contributed by atoms with Crippen molar-refractivity contribution >= 4 is 33.2 Å². The number of hydrogen-bond donors (Lipinski definition) is 1. The largest absolute Gasteiger partial charge is 0.361 e. The molecule has 78 valence electrons. The number of carbonyl (C=O) groups excluding carboxylic acids is 1. The van der Waals surface area contributed by atoms with Crippen molar-refractivity contribution in [1.29, 1.82) is 0 Å². The van der Waals surface area contributed by atoms with Crippen LogP contribution in [0.15, 0.2) is 22.7 Å². The van der Waals surface area contributed by atoms with Gasteiger partial charge in [0, 0.05) is 10.9 Å². The van der Waals surface area contributed by atoms with E-state index in [0.717, 1.165) is 22.3 Å². The second-order valence-electron chi connectivity index (χ2n) is 4.29. The highest BCUT2D eigenvalue weighted by Crippen LogP contribution is 2.46. The summed E-state index contributed by atoms with van der Waals surface area (Å²) in [6, 6.07) is 5.99. The molecule has 15 heavy (non-hydrogen) atoms. The molecule has 0 aliphatic carbocycles. The number of amides is 1. The fraction of sp³-hybridized carbons (Fsp3) is 0.364. The van der Waals surface area contributed by atoms with E-state index < -0.39 is 0 Å². The van der Waals surface area contributed by atoms with Crippen molar-refractivity contribution in [3.63, 3.8) is 0 Å². The van der Waals surface area contributed by atoms with E-state index in [1.54, 1.807) is 0 Å². The van der Waals surface area contributed by atoms with Crippen LogP contribution in [0.3, 0.4) is 0 Å². The average molecular weight is 267 g/mol. The summed E-state index contributed by atoms with van der Waals surface area (Å²) in [6.45, 7) is 2.08. The molecule has 2 heterocycles. The van der Waals surface area contributed by atoms with Crippen LogP contribution in [-0.4, -0.2) is 11.6 Å². The first-order chi connectivity index (χ1) is 7.10. The van der Waals surface area contributed by atoms with Crippen LogP contribution in [0.4, 0.5) is 11.4 Å². The Morgan fingerprint density at radius 2 is 2.33 bits per heavy atom. The molecule has 1 unspecified atom stereocenters. The number of carbonyl (C=O) groups is 1. The second-order valence-corrected chi connectivity index (χ2v) is 5.21. The van der Waals surface area contributed by atoms with Gasteiger partial charge in [-0.25, -0.2) is 0 Å². The summed E-state index contributed by atoms with van der Waals surface area (Å²) in [5.74, 6) is 0.210. The molecule has 1 fully saturated rings. The van der Waals surface area contributed by atoms with E-state index in [9.17, 15) is 4.79 Å². The Bertz CT molecular complexity index is 460. The van der Waals surface area contributed by atoms with Crippen LogP contribution >= 0.6 is 15.9 Å². The normalized spacial score (nSPS) is 27.6. The summed E-state index contributed by atoms with van der Waals surface area (Å²) in [4.78, 5) is 13.7. The van der Waals surface area contributed by atoms with E-state index >= 15 is 0 Å². The van der Waals surface area contributed by atoms with Crippen LogP contribution in [0.5, 0.6) is 0 Å². The summed E-state index contributed by atoms with van der Waals surface area (Å²) < 4.78 is 1.01. The van der Waals surface area contributed by atoms with Gasteiger partial charge in [-0.2, -0.15) is 0 Å². The molecular weight excluding hydrogens is 256 g/mol. The van der Waals surface area contributed by atoms with Gasteiger partial charge in [-0.3, -0.25) is 9.69 Å². The lowest BCUT2D eigenvalue weighted by molar-refractivity contribution is -0.117. The fourth-order valence-electron chi connectivity index (χ4n) is 2.45. The highest BCUT2D eigenvalue weighted by molar-refractivity contribution is 9.10. The molecule has 2 aliphatic rings. The Morgan fingerprint density at radius 3 is 3.13 bits per heavy atom. The van der Waals surface area contributed by atoms with E-state index in [-0.39, 0.29) is 11.6 Å². The number of rotatable bonds is 0. The van der Waals surface area contributed by atoms with Crippen molar-refractivity contribution in [2.45, 2.75) is 25.4 Å². The van der Waals surface area contributed by atoms with Gasteiger partial charge in [-0.15, -0.1) is 0 Å². The van der Waals surface area contributed by atoms with E-state index in [1.165, 1.54) is 0 Å². The summed E-state index contributed by atoms with van der Waals surface area (Å²) in [6.07, 6.45) is 1.51.